The van der Waals surface area contributed by atoms with Crippen molar-refractivity contribution in [3.05, 3.63) is 0 Å². The third-order valence-corrected chi connectivity index (χ3v) is 1.16. The Balaban J connectivity index is 2.65. The minimum Gasteiger partial charge on any atom is -0.396 e. The number of hydrogen-bond donors (Lipinski definition) is 2. The molecule has 0 unspecified atom stereocenters. The molecule has 0 aromatic heterocycles. The Morgan fingerprint density at radius 3 is 2.60 bits per heavy atom. The van der Waals surface area contributed by atoms with Gasteiger partial charge in [-0.1, -0.05) is 0 Å². The fraction of sp³-hybridized carbons (Fsp3) is 1.00. The molecule has 10 heavy (non-hydrogen) atoms. The Bertz CT molecular complexity index is 51.6. The zero-order valence-electron chi connectivity index (χ0n) is 6.60. The molecule has 0 aromatic rings. The number of aliphatic hydroxyl groups excluding tert-OH is 1. The first kappa shape index (κ1) is 9.88. The van der Waals surface area contributed by atoms with Crippen molar-refractivity contribution in [1.29, 1.82) is 0 Å². The van der Waals surface area contributed by atoms with Gasteiger partial charge in [-0.25, -0.2) is 0 Å². The number of aliphatic hydroxyl groups is 1. The van der Waals surface area contributed by atoms with E-state index in [2.05, 4.69) is 5.32 Å². The van der Waals surface area contributed by atoms with Crippen molar-refractivity contribution in [2.45, 2.75) is 12.8 Å². The summed E-state index contributed by atoms with van der Waals surface area (Å²) in [4.78, 5) is 0. The lowest BCUT2D eigenvalue weighted by molar-refractivity contribution is 0.114. The van der Waals surface area contributed by atoms with Crippen LogP contribution >= 0.6 is 0 Å². The summed E-state index contributed by atoms with van der Waals surface area (Å²) in [5.74, 6) is 0. The summed E-state index contributed by atoms with van der Waals surface area (Å²) in [5, 5.41) is 11.4. The molecule has 2 N–H and O–H groups in total. The lowest BCUT2D eigenvalue weighted by Gasteiger charge is -2.01. The van der Waals surface area contributed by atoms with Gasteiger partial charge < -0.3 is 15.2 Å². The maximum Gasteiger partial charge on any atom is 0.0487 e. The summed E-state index contributed by atoms with van der Waals surface area (Å²) in [5.41, 5.74) is 0. The van der Waals surface area contributed by atoms with Gasteiger partial charge >= 0.3 is 0 Å². The van der Waals surface area contributed by atoms with Crippen LogP contribution in [-0.2, 0) is 4.74 Å². The fourth-order valence-corrected chi connectivity index (χ4v) is 0.620. The second-order valence-electron chi connectivity index (χ2n) is 2.15. The van der Waals surface area contributed by atoms with Crippen molar-refractivity contribution in [1.82, 2.24) is 5.32 Å². The van der Waals surface area contributed by atoms with E-state index in [0.29, 0.717) is 6.61 Å². The van der Waals surface area contributed by atoms with E-state index in [1.165, 1.54) is 0 Å². The van der Waals surface area contributed by atoms with E-state index in [4.69, 9.17) is 9.84 Å². The maximum absolute atomic E-state index is 8.38. The molecule has 0 bridgehead atoms. The van der Waals surface area contributed by atoms with Crippen molar-refractivity contribution < 1.29 is 9.84 Å². The Hall–Kier alpha value is -0.120. The molecule has 0 saturated heterocycles. The number of hydrogen-bond acceptors (Lipinski definition) is 3. The first-order chi connectivity index (χ1) is 4.91. The summed E-state index contributed by atoms with van der Waals surface area (Å²) in [7, 11) is 1.92. The van der Waals surface area contributed by atoms with E-state index in [0.717, 1.165) is 26.0 Å². The summed E-state index contributed by atoms with van der Waals surface area (Å²) < 4.78 is 5.18. The molecular weight excluding hydrogens is 130 g/mol. The Morgan fingerprint density at radius 2 is 2.00 bits per heavy atom. The molecule has 3 heteroatoms. The van der Waals surface area contributed by atoms with Crippen molar-refractivity contribution >= 4 is 0 Å². The first-order valence-electron chi connectivity index (χ1n) is 3.75. The van der Waals surface area contributed by atoms with Gasteiger partial charge in [0, 0.05) is 19.8 Å². The Labute approximate surface area is 62.4 Å². The third-order valence-electron chi connectivity index (χ3n) is 1.16. The van der Waals surface area contributed by atoms with Crippen LogP contribution in [0.25, 0.3) is 0 Å². The van der Waals surface area contributed by atoms with E-state index in [1.807, 2.05) is 7.05 Å². The predicted octanol–water partition coefficient (Wildman–Crippen LogP) is -0.00510. The molecule has 0 radical (unpaired) electrons. The summed E-state index contributed by atoms with van der Waals surface area (Å²) in [6.07, 6.45) is 1.79. The van der Waals surface area contributed by atoms with Gasteiger partial charge in [0.05, 0.1) is 0 Å². The van der Waals surface area contributed by atoms with E-state index in [9.17, 15) is 0 Å². The molecule has 0 saturated carbocycles. The van der Waals surface area contributed by atoms with Crippen molar-refractivity contribution in [3.63, 3.8) is 0 Å². The average molecular weight is 147 g/mol. The molecule has 0 heterocycles. The Morgan fingerprint density at radius 1 is 1.30 bits per heavy atom. The van der Waals surface area contributed by atoms with Crippen LogP contribution in [0.1, 0.15) is 12.8 Å². The van der Waals surface area contributed by atoms with Gasteiger partial charge in [-0.3, -0.25) is 0 Å². The first-order valence-corrected chi connectivity index (χ1v) is 3.75. The molecule has 0 atom stereocenters. The van der Waals surface area contributed by atoms with E-state index < -0.39 is 0 Å². The number of ether oxygens (including phenoxy) is 1. The van der Waals surface area contributed by atoms with Crippen LogP contribution in [0, 0.1) is 0 Å². The van der Waals surface area contributed by atoms with Crippen LogP contribution in [0.5, 0.6) is 0 Å². The topological polar surface area (TPSA) is 41.5 Å². The second kappa shape index (κ2) is 8.88. The molecule has 0 aromatic carbocycles. The molecule has 0 fully saturated rings. The molecule has 0 rings (SSSR count). The molecular formula is C7H17NO2. The van der Waals surface area contributed by atoms with Gasteiger partial charge in [0.1, 0.15) is 0 Å². The third kappa shape index (κ3) is 7.88. The van der Waals surface area contributed by atoms with Gasteiger partial charge in [0.25, 0.3) is 0 Å². The molecule has 0 aliphatic heterocycles. The zero-order valence-corrected chi connectivity index (χ0v) is 6.60. The lowest BCUT2D eigenvalue weighted by Crippen LogP contribution is -2.10. The summed E-state index contributed by atoms with van der Waals surface area (Å²) in [6, 6.07) is 0. The second-order valence-corrected chi connectivity index (χ2v) is 2.15. The van der Waals surface area contributed by atoms with Crippen LogP contribution in [-0.4, -0.2) is 38.5 Å². The molecule has 62 valence electrons. The highest BCUT2D eigenvalue weighted by molar-refractivity contribution is 4.39. The molecule has 0 amide bonds. The number of rotatable bonds is 7. The monoisotopic (exact) mass is 147 g/mol. The minimum atomic E-state index is 0.228. The zero-order chi connectivity index (χ0) is 7.66. The van der Waals surface area contributed by atoms with E-state index in [-0.39, 0.29) is 6.61 Å². The Kier molecular flexibility index (Phi) is 8.77. The highest BCUT2D eigenvalue weighted by atomic mass is 16.5. The average Bonchev–Trinajstić information content (AvgIpc) is 1.97. The molecule has 3 nitrogen and oxygen atoms in total. The van der Waals surface area contributed by atoms with Crippen LogP contribution in [0.15, 0.2) is 0 Å². The van der Waals surface area contributed by atoms with Crippen LogP contribution in [0.3, 0.4) is 0 Å². The number of nitrogens with one attached hydrogen (secondary N) is 1. The van der Waals surface area contributed by atoms with Crippen molar-refractivity contribution in [2.75, 3.05) is 33.4 Å². The highest BCUT2D eigenvalue weighted by Gasteiger charge is 1.86. The van der Waals surface area contributed by atoms with Crippen LogP contribution in [0.4, 0.5) is 0 Å². The quantitative estimate of drug-likeness (QED) is 0.498. The van der Waals surface area contributed by atoms with Crippen molar-refractivity contribution in [2.24, 2.45) is 0 Å². The SMILES string of the molecule is CNCCCOCCCO. The summed E-state index contributed by atoms with van der Waals surface area (Å²) >= 11 is 0. The van der Waals surface area contributed by atoms with Crippen molar-refractivity contribution in [3.8, 4) is 0 Å². The van der Waals surface area contributed by atoms with E-state index >= 15 is 0 Å². The van der Waals surface area contributed by atoms with Gasteiger partial charge in [-0.05, 0) is 26.4 Å². The summed E-state index contributed by atoms with van der Waals surface area (Å²) in [6.45, 7) is 2.70. The van der Waals surface area contributed by atoms with E-state index in [1.54, 1.807) is 0 Å². The predicted molar refractivity (Wildman–Crippen MR) is 41.1 cm³/mol. The minimum absolute atomic E-state index is 0.228. The maximum atomic E-state index is 8.38. The highest BCUT2D eigenvalue weighted by Crippen LogP contribution is 1.83. The standard InChI is InChI=1S/C7H17NO2/c1-8-4-2-6-10-7-3-5-9/h8-9H,2-7H2,1H3. The van der Waals surface area contributed by atoms with Gasteiger partial charge in [0.15, 0.2) is 0 Å². The largest absolute Gasteiger partial charge is 0.396 e. The van der Waals surface area contributed by atoms with Gasteiger partial charge in [-0.2, -0.15) is 0 Å². The smallest absolute Gasteiger partial charge is 0.0487 e. The van der Waals surface area contributed by atoms with Gasteiger partial charge in [-0.15, -0.1) is 0 Å². The molecule has 0 aliphatic rings. The van der Waals surface area contributed by atoms with Gasteiger partial charge in [0.2, 0.25) is 0 Å². The lowest BCUT2D eigenvalue weighted by atomic mass is 10.4. The van der Waals surface area contributed by atoms with Crippen LogP contribution < -0.4 is 5.32 Å². The molecule has 0 aliphatic carbocycles. The fourth-order valence-electron chi connectivity index (χ4n) is 0.620. The van der Waals surface area contributed by atoms with Crippen LogP contribution in [0.2, 0.25) is 0 Å². The normalized spacial score (nSPS) is 10.2. The molecule has 0 spiro atoms.